The Bertz CT molecular complexity index is 911. The van der Waals surface area contributed by atoms with Crippen molar-refractivity contribution in [2.24, 2.45) is 0 Å². The molecule has 2 aromatic carbocycles. The number of hydrogen-bond acceptors (Lipinski definition) is 4. The standard InChI is InChI=1S/C16H11BrO4/c1-2-20-15(18)13-8-12-11-5-4-10(17)7-9(11)3-6-14(12)21-16(13)19/h3-8H,2H2,1H3. The van der Waals surface area contributed by atoms with Crippen LogP contribution in [0.1, 0.15) is 17.3 Å². The van der Waals surface area contributed by atoms with Crippen molar-refractivity contribution in [1.82, 2.24) is 0 Å². The van der Waals surface area contributed by atoms with Gasteiger partial charge < -0.3 is 9.15 Å². The lowest BCUT2D eigenvalue weighted by atomic mass is 10.0. The minimum atomic E-state index is -0.683. The molecule has 106 valence electrons. The molecule has 0 N–H and O–H groups in total. The smallest absolute Gasteiger partial charge is 0.351 e. The van der Waals surface area contributed by atoms with Gasteiger partial charge in [0, 0.05) is 9.86 Å². The normalized spacial score (nSPS) is 11.0. The third kappa shape index (κ3) is 2.45. The molecule has 0 fully saturated rings. The Morgan fingerprint density at radius 1 is 1.19 bits per heavy atom. The van der Waals surface area contributed by atoms with Crippen LogP contribution in [0.25, 0.3) is 21.7 Å². The summed E-state index contributed by atoms with van der Waals surface area (Å²) in [4.78, 5) is 23.7. The number of carbonyl (C=O) groups excluding carboxylic acids is 1. The molecule has 5 heteroatoms. The van der Waals surface area contributed by atoms with Crippen molar-refractivity contribution in [3.8, 4) is 0 Å². The SMILES string of the molecule is CCOC(=O)c1cc2c(ccc3cc(Br)ccc32)oc1=O. The molecular formula is C16H11BrO4. The number of rotatable bonds is 2. The minimum Gasteiger partial charge on any atom is -0.462 e. The molecule has 0 amide bonds. The Hall–Kier alpha value is -2.14. The zero-order valence-electron chi connectivity index (χ0n) is 11.2. The van der Waals surface area contributed by atoms with Crippen LogP contribution in [-0.4, -0.2) is 12.6 Å². The lowest BCUT2D eigenvalue weighted by Crippen LogP contribution is -2.16. The summed E-state index contributed by atoms with van der Waals surface area (Å²) in [7, 11) is 0. The van der Waals surface area contributed by atoms with E-state index in [1.165, 1.54) is 6.07 Å². The summed E-state index contributed by atoms with van der Waals surface area (Å²) in [5.41, 5.74) is -0.319. The summed E-state index contributed by atoms with van der Waals surface area (Å²) in [5.74, 6) is -0.665. The molecule has 0 atom stereocenters. The molecule has 1 aromatic heterocycles. The Kier molecular flexibility index (Phi) is 3.51. The van der Waals surface area contributed by atoms with E-state index in [1.54, 1.807) is 13.0 Å². The fourth-order valence-corrected chi connectivity index (χ4v) is 2.63. The van der Waals surface area contributed by atoms with E-state index in [1.807, 2.05) is 24.3 Å². The van der Waals surface area contributed by atoms with Crippen LogP contribution in [0.5, 0.6) is 0 Å². The molecule has 0 spiro atoms. The predicted octanol–water partition coefficient (Wildman–Crippen LogP) is 3.89. The van der Waals surface area contributed by atoms with Crippen molar-refractivity contribution in [3.05, 3.63) is 56.9 Å². The molecule has 0 bridgehead atoms. The van der Waals surface area contributed by atoms with Gasteiger partial charge >= 0.3 is 11.6 Å². The second-order valence-corrected chi connectivity index (χ2v) is 5.43. The van der Waals surface area contributed by atoms with E-state index in [0.717, 1.165) is 15.2 Å². The molecule has 0 saturated carbocycles. The highest BCUT2D eigenvalue weighted by Gasteiger charge is 2.15. The van der Waals surface area contributed by atoms with Crippen molar-refractivity contribution in [2.45, 2.75) is 6.92 Å². The van der Waals surface area contributed by atoms with Crippen molar-refractivity contribution in [1.29, 1.82) is 0 Å². The van der Waals surface area contributed by atoms with Crippen LogP contribution in [0.15, 0.2) is 50.1 Å². The van der Waals surface area contributed by atoms with E-state index >= 15 is 0 Å². The van der Waals surface area contributed by atoms with Crippen molar-refractivity contribution < 1.29 is 13.9 Å². The lowest BCUT2D eigenvalue weighted by molar-refractivity contribution is 0.0522. The average molecular weight is 347 g/mol. The first kappa shape index (κ1) is 13.8. The van der Waals surface area contributed by atoms with E-state index < -0.39 is 11.6 Å². The molecule has 0 aliphatic heterocycles. The monoisotopic (exact) mass is 346 g/mol. The molecule has 3 aromatic rings. The number of fused-ring (bicyclic) bond motifs is 3. The van der Waals surface area contributed by atoms with Gasteiger partial charge in [0.2, 0.25) is 0 Å². The summed E-state index contributed by atoms with van der Waals surface area (Å²) >= 11 is 3.42. The van der Waals surface area contributed by atoms with E-state index in [9.17, 15) is 9.59 Å². The summed E-state index contributed by atoms with van der Waals surface area (Å²) in [5, 5.41) is 2.60. The number of ether oxygens (including phenoxy) is 1. The molecule has 0 aliphatic rings. The highest BCUT2D eigenvalue weighted by molar-refractivity contribution is 9.10. The van der Waals surface area contributed by atoms with Crippen LogP contribution >= 0.6 is 15.9 Å². The molecule has 0 aliphatic carbocycles. The van der Waals surface area contributed by atoms with Crippen LogP contribution in [0.4, 0.5) is 0 Å². The first-order valence-electron chi connectivity index (χ1n) is 6.43. The van der Waals surface area contributed by atoms with Gasteiger partial charge in [0.15, 0.2) is 0 Å². The Balaban J connectivity index is 2.33. The summed E-state index contributed by atoms with van der Waals surface area (Å²) in [6.07, 6.45) is 0. The fourth-order valence-electron chi connectivity index (χ4n) is 2.25. The highest BCUT2D eigenvalue weighted by atomic mass is 79.9. The van der Waals surface area contributed by atoms with Gasteiger partial charge in [-0.2, -0.15) is 0 Å². The molecule has 3 rings (SSSR count). The number of esters is 1. The van der Waals surface area contributed by atoms with Gasteiger partial charge in [-0.1, -0.05) is 28.1 Å². The average Bonchev–Trinajstić information content (AvgIpc) is 2.46. The Labute approximate surface area is 128 Å². The number of hydrogen-bond donors (Lipinski definition) is 0. The zero-order valence-corrected chi connectivity index (χ0v) is 12.8. The third-order valence-corrected chi connectivity index (χ3v) is 3.68. The molecule has 1 heterocycles. The third-order valence-electron chi connectivity index (χ3n) is 3.19. The number of benzene rings is 2. The Morgan fingerprint density at radius 3 is 2.76 bits per heavy atom. The van der Waals surface area contributed by atoms with Crippen molar-refractivity contribution >= 4 is 43.6 Å². The second kappa shape index (κ2) is 5.33. The van der Waals surface area contributed by atoms with E-state index in [-0.39, 0.29) is 12.2 Å². The van der Waals surface area contributed by atoms with Crippen LogP contribution in [-0.2, 0) is 4.74 Å². The van der Waals surface area contributed by atoms with Crippen LogP contribution in [0, 0.1) is 0 Å². The van der Waals surface area contributed by atoms with Crippen LogP contribution in [0.2, 0.25) is 0 Å². The molecular weight excluding hydrogens is 336 g/mol. The van der Waals surface area contributed by atoms with E-state index in [4.69, 9.17) is 9.15 Å². The number of halogens is 1. The molecule has 21 heavy (non-hydrogen) atoms. The van der Waals surface area contributed by atoms with Crippen molar-refractivity contribution in [3.63, 3.8) is 0 Å². The first-order chi connectivity index (χ1) is 10.1. The predicted molar refractivity (Wildman–Crippen MR) is 83.6 cm³/mol. The lowest BCUT2D eigenvalue weighted by Gasteiger charge is -2.05. The molecule has 0 saturated heterocycles. The van der Waals surface area contributed by atoms with E-state index in [2.05, 4.69) is 15.9 Å². The first-order valence-corrected chi connectivity index (χ1v) is 7.22. The maximum absolute atomic E-state index is 11.9. The van der Waals surface area contributed by atoms with Crippen LogP contribution < -0.4 is 5.63 Å². The zero-order chi connectivity index (χ0) is 15.0. The molecule has 4 nitrogen and oxygen atoms in total. The van der Waals surface area contributed by atoms with Crippen molar-refractivity contribution in [2.75, 3.05) is 6.61 Å². The molecule has 0 unspecified atom stereocenters. The van der Waals surface area contributed by atoms with Gasteiger partial charge in [0.25, 0.3) is 0 Å². The second-order valence-electron chi connectivity index (χ2n) is 4.51. The minimum absolute atomic E-state index is 0.0835. The highest BCUT2D eigenvalue weighted by Crippen LogP contribution is 2.27. The van der Waals surface area contributed by atoms with Gasteiger partial charge in [-0.25, -0.2) is 9.59 Å². The fraction of sp³-hybridized carbons (Fsp3) is 0.125. The maximum Gasteiger partial charge on any atom is 0.351 e. The molecule has 0 radical (unpaired) electrons. The van der Waals surface area contributed by atoms with Gasteiger partial charge in [-0.15, -0.1) is 0 Å². The van der Waals surface area contributed by atoms with Gasteiger partial charge in [0.05, 0.1) is 6.61 Å². The van der Waals surface area contributed by atoms with Gasteiger partial charge in [-0.3, -0.25) is 0 Å². The number of carbonyl (C=O) groups is 1. The van der Waals surface area contributed by atoms with E-state index in [0.29, 0.717) is 11.0 Å². The van der Waals surface area contributed by atoms with Crippen LogP contribution in [0.3, 0.4) is 0 Å². The summed E-state index contributed by atoms with van der Waals surface area (Å²) in [6.45, 7) is 1.90. The quantitative estimate of drug-likeness (QED) is 0.401. The summed E-state index contributed by atoms with van der Waals surface area (Å²) < 4.78 is 11.1. The summed E-state index contributed by atoms with van der Waals surface area (Å²) in [6, 6.07) is 10.9. The van der Waals surface area contributed by atoms with Gasteiger partial charge in [-0.05, 0) is 42.0 Å². The van der Waals surface area contributed by atoms with Gasteiger partial charge in [0.1, 0.15) is 11.1 Å². The largest absolute Gasteiger partial charge is 0.462 e. The maximum atomic E-state index is 11.9. The topological polar surface area (TPSA) is 56.5 Å². The Morgan fingerprint density at radius 2 is 2.00 bits per heavy atom.